The van der Waals surface area contributed by atoms with E-state index in [9.17, 15) is 4.79 Å². The molecule has 1 amide bonds. The van der Waals surface area contributed by atoms with Gasteiger partial charge in [-0.1, -0.05) is 6.92 Å². The lowest BCUT2D eigenvalue weighted by atomic mass is 10.1. The number of hydrogen-bond acceptors (Lipinski definition) is 4. The molecule has 0 saturated carbocycles. The minimum Gasteiger partial charge on any atom is -0.383 e. The number of nitrogens with two attached hydrogens (primary N) is 1. The summed E-state index contributed by atoms with van der Waals surface area (Å²) in [6, 6.07) is 7.32. The van der Waals surface area contributed by atoms with Crippen LogP contribution in [0.3, 0.4) is 0 Å². The number of hydrogen-bond donors (Lipinski definition) is 2. The maximum absolute atomic E-state index is 12.5. The predicted molar refractivity (Wildman–Crippen MR) is 76.9 cm³/mol. The molecule has 106 valence electrons. The SMILES string of the molecule is CCC(C)N(CCOC)C(=O)c1ccc(NN)cc1. The molecule has 0 saturated heterocycles. The highest BCUT2D eigenvalue weighted by molar-refractivity contribution is 5.94. The van der Waals surface area contributed by atoms with Crippen LogP contribution in [0.25, 0.3) is 0 Å². The zero-order valence-electron chi connectivity index (χ0n) is 11.8. The molecule has 0 fully saturated rings. The Morgan fingerprint density at radius 1 is 1.42 bits per heavy atom. The molecule has 0 radical (unpaired) electrons. The van der Waals surface area contributed by atoms with Crippen molar-refractivity contribution in [1.82, 2.24) is 4.90 Å². The highest BCUT2D eigenvalue weighted by Gasteiger charge is 2.19. The molecule has 0 aliphatic heterocycles. The number of anilines is 1. The van der Waals surface area contributed by atoms with Gasteiger partial charge >= 0.3 is 0 Å². The second-order valence-corrected chi connectivity index (χ2v) is 4.47. The fraction of sp³-hybridized carbons (Fsp3) is 0.500. The molecule has 0 aliphatic rings. The topological polar surface area (TPSA) is 67.6 Å². The quantitative estimate of drug-likeness (QED) is 0.583. The van der Waals surface area contributed by atoms with Gasteiger partial charge in [0.25, 0.3) is 5.91 Å². The molecule has 5 heteroatoms. The van der Waals surface area contributed by atoms with Crippen molar-refractivity contribution in [2.24, 2.45) is 5.84 Å². The first-order chi connectivity index (χ1) is 9.13. The van der Waals surface area contributed by atoms with Gasteiger partial charge in [0.05, 0.1) is 6.61 Å². The van der Waals surface area contributed by atoms with Gasteiger partial charge in [0.2, 0.25) is 0 Å². The molecule has 3 N–H and O–H groups in total. The normalized spacial score (nSPS) is 12.0. The molecule has 1 aromatic carbocycles. The van der Waals surface area contributed by atoms with Gasteiger partial charge in [-0.05, 0) is 37.6 Å². The molecule has 1 aromatic rings. The van der Waals surface area contributed by atoms with Crippen LogP contribution in [0.1, 0.15) is 30.6 Å². The van der Waals surface area contributed by atoms with Gasteiger partial charge in [-0.3, -0.25) is 10.6 Å². The minimum atomic E-state index is 0.0231. The van der Waals surface area contributed by atoms with Crippen molar-refractivity contribution < 1.29 is 9.53 Å². The average molecular weight is 265 g/mol. The lowest BCUT2D eigenvalue weighted by Gasteiger charge is -2.28. The molecular weight excluding hydrogens is 242 g/mol. The van der Waals surface area contributed by atoms with Gasteiger partial charge in [0, 0.05) is 30.9 Å². The summed E-state index contributed by atoms with van der Waals surface area (Å²) in [5.74, 6) is 5.33. The summed E-state index contributed by atoms with van der Waals surface area (Å²) in [7, 11) is 1.64. The number of carbonyl (C=O) groups is 1. The third kappa shape index (κ3) is 4.22. The standard InChI is InChI=1S/C14H23N3O2/c1-4-11(2)17(9-10-19-3)14(18)12-5-7-13(16-15)8-6-12/h5-8,11,16H,4,9-10,15H2,1-3H3. The maximum atomic E-state index is 12.5. The van der Waals surface area contributed by atoms with Crippen molar-refractivity contribution in [2.75, 3.05) is 25.7 Å². The number of hydrazine groups is 1. The minimum absolute atomic E-state index is 0.0231. The monoisotopic (exact) mass is 265 g/mol. The lowest BCUT2D eigenvalue weighted by molar-refractivity contribution is 0.0614. The Morgan fingerprint density at radius 2 is 2.05 bits per heavy atom. The van der Waals surface area contributed by atoms with Crippen LogP contribution in [0, 0.1) is 0 Å². The summed E-state index contributed by atoms with van der Waals surface area (Å²) in [4.78, 5) is 14.3. The van der Waals surface area contributed by atoms with Crippen molar-refractivity contribution in [1.29, 1.82) is 0 Å². The molecule has 5 nitrogen and oxygen atoms in total. The van der Waals surface area contributed by atoms with Crippen molar-refractivity contribution in [3.05, 3.63) is 29.8 Å². The van der Waals surface area contributed by atoms with Crippen molar-refractivity contribution in [2.45, 2.75) is 26.3 Å². The van der Waals surface area contributed by atoms with E-state index in [1.807, 2.05) is 11.8 Å². The fourth-order valence-electron chi connectivity index (χ4n) is 1.81. The highest BCUT2D eigenvalue weighted by atomic mass is 16.5. The van der Waals surface area contributed by atoms with Crippen molar-refractivity contribution in [3.8, 4) is 0 Å². The Balaban J connectivity index is 2.84. The largest absolute Gasteiger partial charge is 0.383 e. The number of amides is 1. The summed E-state index contributed by atoms with van der Waals surface area (Å²) in [5, 5.41) is 0. The van der Waals surface area contributed by atoms with Crippen LogP contribution in [0.2, 0.25) is 0 Å². The first kappa shape index (κ1) is 15.5. The average Bonchev–Trinajstić information content (AvgIpc) is 2.47. The number of benzene rings is 1. The van der Waals surface area contributed by atoms with Gasteiger partial charge in [-0.15, -0.1) is 0 Å². The zero-order chi connectivity index (χ0) is 14.3. The number of rotatable bonds is 7. The van der Waals surface area contributed by atoms with E-state index in [0.29, 0.717) is 18.7 Å². The van der Waals surface area contributed by atoms with Crippen LogP contribution < -0.4 is 11.3 Å². The molecule has 0 heterocycles. The highest BCUT2D eigenvalue weighted by Crippen LogP contribution is 2.13. The number of carbonyl (C=O) groups excluding carboxylic acids is 1. The third-order valence-corrected chi connectivity index (χ3v) is 3.22. The van der Waals surface area contributed by atoms with Gasteiger partial charge in [0.15, 0.2) is 0 Å². The Labute approximate surface area is 114 Å². The van der Waals surface area contributed by atoms with E-state index in [4.69, 9.17) is 10.6 Å². The van der Waals surface area contributed by atoms with Crippen LogP contribution in [0.4, 0.5) is 5.69 Å². The number of nitrogens with one attached hydrogen (secondary N) is 1. The molecule has 0 spiro atoms. The van der Waals surface area contributed by atoms with Crippen molar-refractivity contribution >= 4 is 11.6 Å². The molecule has 0 bridgehead atoms. The van der Waals surface area contributed by atoms with Gasteiger partial charge < -0.3 is 15.1 Å². The second-order valence-electron chi connectivity index (χ2n) is 4.47. The number of ether oxygens (including phenoxy) is 1. The molecule has 19 heavy (non-hydrogen) atoms. The summed E-state index contributed by atoms with van der Waals surface area (Å²) < 4.78 is 5.07. The van der Waals surface area contributed by atoms with E-state index in [0.717, 1.165) is 12.1 Å². The Kier molecular flexibility index (Phi) is 6.32. The summed E-state index contributed by atoms with van der Waals surface area (Å²) >= 11 is 0. The van der Waals surface area contributed by atoms with Gasteiger partial charge in [-0.2, -0.15) is 0 Å². The van der Waals surface area contributed by atoms with E-state index >= 15 is 0 Å². The van der Waals surface area contributed by atoms with Gasteiger partial charge in [-0.25, -0.2) is 0 Å². The lowest BCUT2D eigenvalue weighted by Crippen LogP contribution is -2.40. The molecule has 1 rings (SSSR count). The second kappa shape index (κ2) is 7.76. The first-order valence-corrected chi connectivity index (χ1v) is 6.50. The maximum Gasteiger partial charge on any atom is 0.254 e. The number of nitrogens with zero attached hydrogens (tertiary/aromatic N) is 1. The molecule has 1 unspecified atom stereocenters. The van der Waals surface area contributed by atoms with Gasteiger partial charge in [0.1, 0.15) is 0 Å². The smallest absolute Gasteiger partial charge is 0.254 e. The van der Waals surface area contributed by atoms with E-state index < -0.39 is 0 Å². The molecule has 0 aromatic heterocycles. The number of methoxy groups -OCH3 is 1. The Morgan fingerprint density at radius 3 is 2.53 bits per heavy atom. The number of nitrogen functional groups attached to an aromatic ring is 1. The van der Waals surface area contributed by atoms with Crippen molar-refractivity contribution in [3.63, 3.8) is 0 Å². The summed E-state index contributed by atoms with van der Waals surface area (Å²) in [5.41, 5.74) is 3.99. The van der Waals surface area contributed by atoms with E-state index in [1.54, 1.807) is 31.4 Å². The molecule has 0 aliphatic carbocycles. The van der Waals surface area contributed by atoms with Crippen LogP contribution in [-0.4, -0.2) is 37.1 Å². The Hall–Kier alpha value is -1.59. The van der Waals surface area contributed by atoms with E-state index in [-0.39, 0.29) is 11.9 Å². The fourth-order valence-corrected chi connectivity index (χ4v) is 1.81. The van der Waals surface area contributed by atoms with E-state index in [2.05, 4.69) is 12.3 Å². The van der Waals surface area contributed by atoms with Crippen LogP contribution in [0.15, 0.2) is 24.3 Å². The summed E-state index contributed by atoms with van der Waals surface area (Å²) in [6.45, 7) is 5.25. The summed E-state index contributed by atoms with van der Waals surface area (Å²) in [6.07, 6.45) is 0.915. The Bertz CT molecular complexity index is 392. The van der Waals surface area contributed by atoms with Crippen LogP contribution in [0.5, 0.6) is 0 Å². The van der Waals surface area contributed by atoms with Crippen LogP contribution in [-0.2, 0) is 4.74 Å². The van der Waals surface area contributed by atoms with E-state index in [1.165, 1.54) is 0 Å². The molecular formula is C14H23N3O2. The molecule has 1 atom stereocenters. The first-order valence-electron chi connectivity index (χ1n) is 6.50. The zero-order valence-corrected chi connectivity index (χ0v) is 11.8. The predicted octanol–water partition coefficient (Wildman–Crippen LogP) is 1.86. The third-order valence-electron chi connectivity index (χ3n) is 3.22. The van der Waals surface area contributed by atoms with Crippen LogP contribution >= 0.6 is 0 Å².